The van der Waals surface area contributed by atoms with E-state index in [9.17, 15) is 13.2 Å². The molecule has 1 aromatic heterocycles. The van der Waals surface area contributed by atoms with Gasteiger partial charge in [-0.15, -0.1) is 0 Å². The molecule has 0 amide bonds. The zero-order valence-corrected chi connectivity index (χ0v) is 24.8. The predicted molar refractivity (Wildman–Crippen MR) is 151 cm³/mol. The van der Waals surface area contributed by atoms with Crippen LogP contribution in [0.1, 0.15) is 51.7 Å². The van der Waals surface area contributed by atoms with E-state index in [2.05, 4.69) is 4.98 Å². The molecular formula is C27H32Cl2N4O4S. The van der Waals surface area contributed by atoms with Gasteiger partial charge >= 0.3 is 5.97 Å². The number of hydrogen-bond acceptors (Lipinski definition) is 7. The first-order valence-electron chi connectivity index (χ1n) is 12.5. The van der Waals surface area contributed by atoms with Crippen molar-refractivity contribution in [1.29, 1.82) is 0 Å². The van der Waals surface area contributed by atoms with Crippen LogP contribution in [0.4, 0.5) is 5.82 Å². The smallest absolute Gasteiger partial charge is 0.360 e. The number of nitrogens with zero attached hydrogens (tertiary/aromatic N) is 4. The first kappa shape index (κ1) is 28.5. The van der Waals surface area contributed by atoms with E-state index < -0.39 is 16.0 Å². The summed E-state index contributed by atoms with van der Waals surface area (Å²) in [5.74, 6) is -0.267. The summed E-state index contributed by atoms with van der Waals surface area (Å²) in [6, 6.07) is 3.17. The predicted octanol–water partition coefficient (Wildman–Crippen LogP) is 5.56. The van der Waals surface area contributed by atoms with Gasteiger partial charge in [-0.05, 0) is 87.9 Å². The van der Waals surface area contributed by atoms with Gasteiger partial charge in [0, 0.05) is 26.2 Å². The number of ether oxygens (including phenoxy) is 1. The largest absolute Gasteiger partial charge is 0.461 e. The van der Waals surface area contributed by atoms with Crippen molar-refractivity contribution in [3.63, 3.8) is 0 Å². The number of fused-ring (bicyclic) bond motifs is 1. The summed E-state index contributed by atoms with van der Waals surface area (Å²) in [7, 11) is -3.75. The monoisotopic (exact) mass is 578 g/mol. The van der Waals surface area contributed by atoms with Crippen LogP contribution in [-0.4, -0.2) is 61.4 Å². The average molecular weight is 580 g/mol. The summed E-state index contributed by atoms with van der Waals surface area (Å²) >= 11 is 12.4. The molecule has 0 saturated carbocycles. The van der Waals surface area contributed by atoms with Crippen molar-refractivity contribution in [3.8, 4) is 0 Å². The van der Waals surface area contributed by atoms with Crippen LogP contribution in [0.15, 0.2) is 17.0 Å². The topological polar surface area (TPSA) is 92.7 Å². The minimum atomic E-state index is -3.75. The molecule has 0 bridgehead atoms. The number of esters is 1. The molecule has 2 aromatic carbocycles. The van der Waals surface area contributed by atoms with Crippen molar-refractivity contribution in [2.75, 3.05) is 37.7 Å². The Morgan fingerprint density at radius 2 is 1.42 bits per heavy atom. The average Bonchev–Trinajstić information content (AvgIpc) is 3.13. The number of carbonyl (C=O) groups is 1. The number of sulfonamides is 1. The minimum Gasteiger partial charge on any atom is -0.461 e. The molecule has 2 heterocycles. The normalized spacial score (nSPS) is 15.1. The van der Waals surface area contributed by atoms with Gasteiger partial charge in [0.15, 0.2) is 11.5 Å². The lowest BCUT2D eigenvalue weighted by atomic mass is 9.95. The van der Waals surface area contributed by atoms with Crippen LogP contribution in [0, 0.1) is 34.6 Å². The van der Waals surface area contributed by atoms with Gasteiger partial charge in [-0.2, -0.15) is 4.31 Å². The fraction of sp³-hybridized carbons (Fsp3) is 0.444. The van der Waals surface area contributed by atoms with E-state index in [4.69, 9.17) is 32.9 Å². The molecule has 0 N–H and O–H groups in total. The van der Waals surface area contributed by atoms with Gasteiger partial charge in [0.1, 0.15) is 0 Å². The van der Waals surface area contributed by atoms with Gasteiger partial charge in [-0.3, -0.25) is 0 Å². The quantitative estimate of drug-likeness (QED) is 0.366. The summed E-state index contributed by atoms with van der Waals surface area (Å²) in [5, 5.41) is 0.629. The second-order valence-electron chi connectivity index (χ2n) is 9.57. The SMILES string of the molecule is CCOC(=O)c1nc2cc(Cl)c(Cl)cc2nc1N1CCCN(S(=O)(=O)c2c(C)c(C)c(C)c(C)c2C)CC1. The highest BCUT2D eigenvalue weighted by Gasteiger charge is 2.33. The van der Waals surface area contributed by atoms with Crippen molar-refractivity contribution in [3.05, 3.63) is 55.7 Å². The van der Waals surface area contributed by atoms with E-state index in [1.165, 1.54) is 4.31 Å². The molecule has 1 aliphatic heterocycles. The third kappa shape index (κ3) is 5.09. The van der Waals surface area contributed by atoms with E-state index in [0.29, 0.717) is 57.8 Å². The van der Waals surface area contributed by atoms with Crippen molar-refractivity contribution in [2.45, 2.75) is 52.9 Å². The maximum Gasteiger partial charge on any atom is 0.360 e. The summed E-state index contributed by atoms with van der Waals surface area (Å²) in [4.78, 5) is 24.3. The summed E-state index contributed by atoms with van der Waals surface area (Å²) in [6.45, 7) is 13.0. The Bertz CT molecular complexity index is 1510. The van der Waals surface area contributed by atoms with E-state index >= 15 is 0 Å². The van der Waals surface area contributed by atoms with Crippen LogP contribution < -0.4 is 4.90 Å². The highest BCUT2D eigenvalue weighted by Crippen LogP contribution is 2.33. The number of hydrogen-bond donors (Lipinski definition) is 0. The third-order valence-electron chi connectivity index (χ3n) is 7.44. The molecule has 0 aliphatic carbocycles. The number of carbonyl (C=O) groups excluding carboxylic acids is 1. The molecule has 0 unspecified atom stereocenters. The molecule has 0 radical (unpaired) electrons. The van der Waals surface area contributed by atoms with E-state index in [0.717, 1.165) is 27.8 Å². The van der Waals surface area contributed by atoms with Gasteiger partial charge in [-0.1, -0.05) is 23.2 Å². The Morgan fingerprint density at radius 3 is 2.00 bits per heavy atom. The van der Waals surface area contributed by atoms with Crippen LogP contribution >= 0.6 is 23.2 Å². The molecule has 1 saturated heterocycles. The zero-order chi connectivity index (χ0) is 27.9. The summed E-state index contributed by atoms with van der Waals surface area (Å²) < 4.78 is 34.6. The van der Waals surface area contributed by atoms with E-state index in [1.54, 1.807) is 19.1 Å². The van der Waals surface area contributed by atoms with Crippen molar-refractivity contribution < 1.29 is 17.9 Å². The van der Waals surface area contributed by atoms with Crippen molar-refractivity contribution in [2.24, 2.45) is 0 Å². The Balaban J connectivity index is 1.72. The molecule has 4 rings (SSSR count). The highest BCUT2D eigenvalue weighted by molar-refractivity contribution is 7.89. The van der Waals surface area contributed by atoms with E-state index in [-0.39, 0.29) is 18.8 Å². The Labute approximate surface area is 234 Å². The molecule has 11 heteroatoms. The maximum atomic E-state index is 13.9. The molecule has 1 aliphatic rings. The number of halogens is 2. The molecule has 204 valence electrons. The summed E-state index contributed by atoms with van der Waals surface area (Å²) in [6.07, 6.45) is 0.546. The molecule has 0 atom stereocenters. The first-order valence-corrected chi connectivity index (χ1v) is 14.7. The fourth-order valence-corrected chi connectivity index (χ4v) is 7.27. The summed E-state index contributed by atoms with van der Waals surface area (Å²) in [5.41, 5.74) is 5.63. The van der Waals surface area contributed by atoms with Crippen LogP contribution in [0.5, 0.6) is 0 Å². The molecule has 3 aromatic rings. The highest BCUT2D eigenvalue weighted by atomic mass is 35.5. The first-order chi connectivity index (χ1) is 17.9. The molecule has 38 heavy (non-hydrogen) atoms. The van der Waals surface area contributed by atoms with Crippen molar-refractivity contribution in [1.82, 2.24) is 14.3 Å². The lowest BCUT2D eigenvalue weighted by molar-refractivity contribution is 0.0520. The van der Waals surface area contributed by atoms with Gasteiger partial charge < -0.3 is 9.64 Å². The van der Waals surface area contributed by atoms with Gasteiger partial charge in [0.2, 0.25) is 10.0 Å². The molecule has 0 spiro atoms. The Morgan fingerprint density at radius 1 is 0.868 bits per heavy atom. The molecular weight excluding hydrogens is 547 g/mol. The van der Waals surface area contributed by atoms with Crippen molar-refractivity contribution >= 4 is 56.0 Å². The number of aromatic nitrogens is 2. The standard InChI is InChI=1S/C27H32Cl2N4O4S/c1-7-37-27(34)24-26(31-23-14-21(29)20(28)13-22(23)30-24)32-9-8-10-33(12-11-32)38(35,36)25-18(5)16(3)15(2)17(4)19(25)6/h13-14H,7-12H2,1-6H3. The number of benzene rings is 2. The fourth-order valence-electron chi connectivity index (χ4n) is 4.93. The van der Waals surface area contributed by atoms with Gasteiger partial charge in [-0.25, -0.2) is 23.2 Å². The number of rotatable bonds is 5. The van der Waals surface area contributed by atoms with Crippen LogP contribution in [0.3, 0.4) is 0 Å². The van der Waals surface area contributed by atoms with Crippen LogP contribution in [-0.2, 0) is 14.8 Å². The molecule has 8 nitrogen and oxygen atoms in total. The van der Waals surface area contributed by atoms with Crippen LogP contribution in [0.25, 0.3) is 11.0 Å². The lowest BCUT2D eigenvalue weighted by Crippen LogP contribution is -2.36. The second kappa shape index (κ2) is 11.0. The second-order valence-corrected chi connectivity index (χ2v) is 12.3. The maximum absolute atomic E-state index is 13.9. The zero-order valence-electron chi connectivity index (χ0n) is 22.5. The minimum absolute atomic E-state index is 0.0607. The third-order valence-corrected chi connectivity index (χ3v) is 10.3. The van der Waals surface area contributed by atoms with Crippen LogP contribution in [0.2, 0.25) is 10.0 Å². The molecule has 1 fully saturated rings. The van der Waals surface area contributed by atoms with Gasteiger partial charge in [0.25, 0.3) is 0 Å². The van der Waals surface area contributed by atoms with Gasteiger partial charge in [0.05, 0.1) is 32.6 Å². The Kier molecular flexibility index (Phi) is 8.23. The lowest BCUT2D eigenvalue weighted by Gasteiger charge is -2.26. The van der Waals surface area contributed by atoms with E-state index in [1.807, 2.05) is 39.5 Å². The number of anilines is 1. The Hall–Kier alpha value is -2.46.